The maximum atomic E-state index is 13.9. The van der Waals surface area contributed by atoms with E-state index in [1.54, 1.807) is 0 Å². The molecule has 124 valence electrons. The molecule has 0 unspecified atom stereocenters. The number of nitrogens with one attached hydrogen (secondary N) is 1. The van der Waals surface area contributed by atoms with Crippen molar-refractivity contribution in [3.8, 4) is 0 Å². The number of aliphatic hydroxyl groups is 1. The molecular weight excluding hydrogens is 316 g/mol. The summed E-state index contributed by atoms with van der Waals surface area (Å²) in [6.07, 6.45) is -8.61. The van der Waals surface area contributed by atoms with Crippen LogP contribution in [0, 0.1) is 0 Å². The average molecular weight is 328 g/mol. The Bertz CT molecular complexity index is 664. The third-order valence-electron chi connectivity index (χ3n) is 3.37. The van der Waals surface area contributed by atoms with E-state index in [4.69, 9.17) is 14.6 Å². The van der Waals surface area contributed by atoms with Gasteiger partial charge in [-0.2, -0.15) is 13.2 Å². The van der Waals surface area contributed by atoms with Crippen LogP contribution in [0.15, 0.2) is 15.8 Å². The third-order valence-corrected chi connectivity index (χ3v) is 3.37. The number of nitrogens with zero attached hydrogens (tertiary/aromatic N) is 1. The predicted molar refractivity (Wildman–Crippen MR) is 62.8 cm³/mol. The Labute approximate surface area is 120 Å². The maximum Gasteiger partial charge on any atom is 0.423 e. The molecule has 11 heteroatoms. The van der Waals surface area contributed by atoms with Crippen LogP contribution in [0.5, 0.6) is 0 Å². The van der Waals surface area contributed by atoms with Gasteiger partial charge in [-0.1, -0.05) is 0 Å². The van der Waals surface area contributed by atoms with E-state index in [-0.39, 0.29) is 6.20 Å². The van der Waals surface area contributed by atoms with Gasteiger partial charge in [0.25, 0.3) is 5.56 Å². The van der Waals surface area contributed by atoms with Crippen molar-refractivity contribution in [2.24, 2.45) is 0 Å². The molecule has 1 saturated heterocycles. The fourth-order valence-corrected chi connectivity index (χ4v) is 2.16. The molecule has 22 heavy (non-hydrogen) atoms. The number of rotatable bonds is 3. The summed E-state index contributed by atoms with van der Waals surface area (Å²) in [6, 6.07) is 0. The van der Waals surface area contributed by atoms with Gasteiger partial charge in [0.05, 0.1) is 0 Å². The van der Waals surface area contributed by atoms with Crippen LogP contribution in [0.1, 0.15) is 18.2 Å². The summed E-state index contributed by atoms with van der Waals surface area (Å²) in [7, 11) is 1.04. The monoisotopic (exact) mass is 328 g/mol. The number of aromatic amines is 1. The Kier molecular flexibility index (Phi) is 4.15. The Balaban J connectivity index is 2.47. The first-order valence-corrected chi connectivity index (χ1v) is 6.05. The van der Waals surface area contributed by atoms with Crippen molar-refractivity contribution in [2.75, 3.05) is 13.7 Å². The number of alkyl halides is 4. The van der Waals surface area contributed by atoms with Crippen LogP contribution in [0.3, 0.4) is 0 Å². The van der Waals surface area contributed by atoms with Crippen LogP contribution in [0.25, 0.3) is 0 Å². The lowest BCUT2D eigenvalue weighted by atomic mass is 10.1. The molecular formula is C11H12F4N2O5. The second-order valence-corrected chi connectivity index (χ2v) is 4.66. The van der Waals surface area contributed by atoms with Crippen molar-refractivity contribution >= 4 is 0 Å². The summed E-state index contributed by atoms with van der Waals surface area (Å²) in [5, 5.41) is 9.13. The minimum Gasteiger partial charge on any atom is -0.391 e. The molecule has 2 N–H and O–H groups in total. The Hall–Kier alpha value is -1.72. The maximum absolute atomic E-state index is 13.9. The summed E-state index contributed by atoms with van der Waals surface area (Å²) < 4.78 is 62.2. The zero-order valence-electron chi connectivity index (χ0n) is 11.2. The molecule has 2 rings (SSSR count). The number of aromatic nitrogens is 2. The fourth-order valence-electron chi connectivity index (χ4n) is 2.16. The van der Waals surface area contributed by atoms with Crippen molar-refractivity contribution in [3.63, 3.8) is 0 Å². The van der Waals surface area contributed by atoms with E-state index >= 15 is 0 Å². The van der Waals surface area contributed by atoms with Crippen LogP contribution >= 0.6 is 0 Å². The first kappa shape index (κ1) is 16.6. The molecule has 0 aromatic carbocycles. The molecule has 1 aromatic heterocycles. The quantitative estimate of drug-likeness (QED) is 0.770. The number of halogens is 4. The van der Waals surface area contributed by atoms with E-state index in [2.05, 4.69) is 0 Å². The van der Waals surface area contributed by atoms with Gasteiger partial charge >= 0.3 is 11.9 Å². The van der Waals surface area contributed by atoms with Gasteiger partial charge in [-0.15, -0.1) is 0 Å². The van der Waals surface area contributed by atoms with Gasteiger partial charge in [0.15, 0.2) is 6.17 Å². The molecule has 1 aliphatic rings. The zero-order valence-corrected chi connectivity index (χ0v) is 11.2. The van der Waals surface area contributed by atoms with E-state index in [0.717, 1.165) is 7.11 Å². The first-order chi connectivity index (χ1) is 10.1. The molecule has 2 heterocycles. The largest absolute Gasteiger partial charge is 0.423 e. The smallest absolute Gasteiger partial charge is 0.391 e. The minimum absolute atomic E-state index is 0.252. The first-order valence-electron chi connectivity index (χ1n) is 6.05. The number of ether oxygens (including phenoxy) is 2. The summed E-state index contributed by atoms with van der Waals surface area (Å²) in [5.74, 6) is -2.07. The number of hydrogen-bond acceptors (Lipinski definition) is 5. The van der Waals surface area contributed by atoms with E-state index in [0.29, 0.717) is 4.57 Å². The normalized spacial score (nSPS) is 29.0. The van der Waals surface area contributed by atoms with Crippen LogP contribution in [-0.4, -0.2) is 40.3 Å². The van der Waals surface area contributed by atoms with Gasteiger partial charge in [0, 0.05) is 19.7 Å². The zero-order chi connectivity index (χ0) is 16.7. The van der Waals surface area contributed by atoms with Crippen molar-refractivity contribution < 1.29 is 32.1 Å². The lowest BCUT2D eigenvalue weighted by Gasteiger charge is -2.27. The van der Waals surface area contributed by atoms with Crippen molar-refractivity contribution in [1.82, 2.24) is 9.55 Å². The van der Waals surface area contributed by atoms with Gasteiger partial charge in [0.2, 0.25) is 5.79 Å². The van der Waals surface area contributed by atoms with E-state index in [9.17, 15) is 27.2 Å². The minimum atomic E-state index is -4.99. The van der Waals surface area contributed by atoms with E-state index < -0.39 is 54.2 Å². The van der Waals surface area contributed by atoms with Crippen LogP contribution < -0.4 is 11.2 Å². The Morgan fingerprint density at radius 1 is 1.55 bits per heavy atom. The SMILES string of the molecule is CO[C@]1(CO)O[C@@H](n2cc(C(F)(F)F)c(=O)[nH]c2=O)C[C@@H]1F. The van der Waals surface area contributed by atoms with Gasteiger partial charge in [-0.05, 0) is 0 Å². The molecule has 0 aliphatic carbocycles. The fraction of sp³-hybridized carbons (Fsp3) is 0.636. The van der Waals surface area contributed by atoms with E-state index in [1.807, 2.05) is 0 Å². The summed E-state index contributed by atoms with van der Waals surface area (Å²) in [5.41, 5.74) is -4.42. The molecule has 0 amide bonds. The van der Waals surface area contributed by atoms with Gasteiger partial charge in [-0.25, -0.2) is 9.18 Å². The highest BCUT2D eigenvalue weighted by Gasteiger charge is 2.51. The molecule has 7 nitrogen and oxygen atoms in total. The van der Waals surface area contributed by atoms with Crippen molar-refractivity contribution in [2.45, 2.75) is 30.8 Å². The summed E-state index contributed by atoms with van der Waals surface area (Å²) >= 11 is 0. The highest BCUT2D eigenvalue weighted by Crippen LogP contribution is 2.38. The second-order valence-electron chi connectivity index (χ2n) is 4.66. The number of hydrogen-bond donors (Lipinski definition) is 2. The molecule has 0 radical (unpaired) electrons. The third kappa shape index (κ3) is 2.66. The van der Waals surface area contributed by atoms with Gasteiger partial charge in [-0.3, -0.25) is 14.3 Å². The number of H-pyrrole nitrogens is 1. The van der Waals surface area contributed by atoms with Gasteiger partial charge in [0.1, 0.15) is 18.4 Å². The van der Waals surface area contributed by atoms with Crippen molar-refractivity contribution in [1.29, 1.82) is 0 Å². The van der Waals surface area contributed by atoms with Crippen LogP contribution in [-0.2, 0) is 15.7 Å². The lowest BCUT2D eigenvalue weighted by molar-refractivity contribution is -0.260. The van der Waals surface area contributed by atoms with Crippen LogP contribution in [0.4, 0.5) is 17.6 Å². The van der Waals surface area contributed by atoms with E-state index in [1.165, 1.54) is 4.98 Å². The number of aliphatic hydroxyl groups excluding tert-OH is 1. The highest BCUT2D eigenvalue weighted by molar-refractivity contribution is 5.09. The number of methoxy groups -OCH3 is 1. The molecule has 0 saturated carbocycles. The molecule has 1 aliphatic heterocycles. The second kappa shape index (κ2) is 5.48. The molecule has 0 bridgehead atoms. The molecule has 3 atom stereocenters. The topological polar surface area (TPSA) is 93.5 Å². The Morgan fingerprint density at radius 2 is 2.18 bits per heavy atom. The van der Waals surface area contributed by atoms with Crippen LogP contribution in [0.2, 0.25) is 0 Å². The standard InChI is InChI=1S/C11H12F4N2O5/c1-21-10(4-18)6(12)2-7(22-10)17-3-5(11(13,14)15)8(19)16-9(17)20/h3,6-7,18H,2,4H2,1H3,(H,16,19,20)/t6-,7+,10+/m0/s1. The predicted octanol–water partition coefficient (Wildman–Crippen LogP) is 0.147. The molecule has 0 spiro atoms. The van der Waals surface area contributed by atoms with Crippen molar-refractivity contribution in [3.05, 3.63) is 32.6 Å². The molecule has 1 fully saturated rings. The summed E-state index contributed by atoms with van der Waals surface area (Å²) in [4.78, 5) is 24.3. The average Bonchev–Trinajstić information content (AvgIpc) is 2.74. The summed E-state index contributed by atoms with van der Waals surface area (Å²) in [6.45, 7) is -0.897. The highest BCUT2D eigenvalue weighted by atomic mass is 19.4. The van der Waals surface area contributed by atoms with Gasteiger partial charge < -0.3 is 14.6 Å². The Morgan fingerprint density at radius 3 is 2.64 bits per heavy atom. The molecule has 1 aromatic rings. The lowest BCUT2D eigenvalue weighted by Crippen LogP contribution is -2.43.